The first-order chi connectivity index (χ1) is 10.1. The second kappa shape index (κ2) is 5.11. The number of likely N-dealkylation sites (tertiary alicyclic amines) is 1. The Hall–Kier alpha value is -1.95. The van der Waals surface area contributed by atoms with E-state index in [1.807, 2.05) is 30.3 Å². The number of aldehydes is 1. The van der Waals surface area contributed by atoms with Gasteiger partial charge in [0.05, 0.1) is 13.2 Å². The van der Waals surface area contributed by atoms with Gasteiger partial charge >= 0.3 is 6.09 Å². The van der Waals surface area contributed by atoms with Gasteiger partial charge in [0.2, 0.25) is 0 Å². The monoisotopic (exact) mass is 293 g/mol. The van der Waals surface area contributed by atoms with Gasteiger partial charge in [0, 0.05) is 13.0 Å². The van der Waals surface area contributed by atoms with Gasteiger partial charge in [-0.3, -0.25) is 9.69 Å². The Labute approximate surface area is 121 Å². The normalized spacial score (nSPS) is 26.4. The first kappa shape index (κ1) is 14.0. The molecule has 0 saturated carbocycles. The SMILES string of the molecule is O=C[C@@]1(F)CCN(C(=O)OCc2ccccc2)C12COC2. The van der Waals surface area contributed by atoms with Crippen molar-refractivity contribution in [2.45, 2.75) is 24.2 Å². The molecule has 21 heavy (non-hydrogen) atoms. The average molecular weight is 293 g/mol. The van der Waals surface area contributed by atoms with Crippen LogP contribution in [0.1, 0.15) is 12.0 Å². The molecular formula is C15H16FNO4. The van der Waals surface area contributed by atoms with E-state index in [4.69, 9.17) is 9.47 Å². The molecule has 1 aromatic carbocycles. The maximum absolute atomic E-state index is 14.6. The van der Waals surface area contributed by atoms with Crippen LogP contribution in [0, 0.1) is 0 Å². The Morgan fingerprint density at radius 2 is 2.10 bits per heavy atom. The van der Waals surface area contributed by atoms with Gasteiger partial charge in [-0.25, -0.2) is 9.18 Å². The lowest BCUT2D eigenvalue weighted by Gasteiger charge is -2.48. The maximum Gasteiger partial charge on any atom is 0.410 e. The molecule has 0 aliphatic carbocycles. The van der Waals surface area contributed by atoms with Crippen molar-refractivity contribution in [3.8, 4) is 0 Å². The van der Waals surface area contributed by atoms with Gasteiger partial charge in [0.25, 0.3) is 0 Å². The molecule has 1 atom stereocenters. The van der Waals surface area contributed by atoms with Crippen molar-refractivity contribution in [2.24, 2.45) is 0 Å². The summed E-state index contributed by atoms with van der Waals surface area (Å²) in [7, 11) is 0. The zero-order valence-electron chi connectivity index (χ0n) is 11.5. The zero-order chi connectivity index (χ0) is 14.9. The molecule has 1 spiro atoms. The molecule has 0 radical (unpaired) electrons. The molecule has 1 aromatic rings. The third kappa shape index (κ3) is 2.10. The number of halogens is 1. The second-order valence-corrected chi connectivity index (χ2v) is 5.45. The predicted molar refractivity (Wildman–Crippen MR) is 71.4 cm³/mol. The Morgan fingerprint density at radius 3 is 2.67 bits per heavy atom. The smallest absolute Gasteiger partial charge is 0.410 e. The Kier molecular flexibility index (Phi) is 3.41. The van der Waals surface area contributed by atoms with E-state index in [1.165, 1.54) is 4.90 Å². The zero-order valence-corrected chi connectivity index (χ0v) is 11.5. The third-order valence-corrected chi connectivity index (χ3v) is 4.28. The summed E-state index contributed by atoms with van der Waals surface area (Å²) in [5.41, 5.74) is -2.38. The maximum atomic E-state index is 14.6. The van der Waals surface area contributed by atoms with Gasteiger partial charge in [-0.2, -0.15) is 0 Å². The highest BCUT2D eigenvalue weighted by molar-refractivity contribution is 5.75. The number of benzene rings is 1. The molecule has 3 rings (SSSR count). The van der Waals surface area contributed by atoms with Crippen molar-refractivity contribution in [3.05, 3.63) is 35.9 Å². The minimum atomic E-state index is -2.04. The Balaban J connectivity index is 1.69. The van der Waals surface area contributed by atoms with Crippen LogP contribution in [0.3, 0.4) is 0 Å². The number of hydrogen-bond donors (Lipinski definition) is 0. The summed E-state index contributed by atoms with van der Waals surface area (Å²) in [6.45, 7) is 0.338. The lowest BCUT2D eigenvalue weighted by molar-refractivity contribution is -0.172. The molecule has 0 N–H and O–H groups in total. The number of alkyl halides is 1. The molecule has 2 aliphatic rings. The predicted octanol–water partition coefficient (Wildman–Crippen LogP) is 1.71. The summed E-state index contributed by atoms with van der Waals surface area (Å²) in [6.07, 6.45) is -0.330. The van der Waals surface area contributed by atoms with E-state index in [-0.39, 0.29) is 32.8 Å². The van der Waals surface area contributed by atoms with Crippen LogP contribution in [0.2, 0.25) is 0 Å². The van der Waals surface area contributed by atoms with Crippen LogP contribution < -0.4 is 0 Å². The first-order valence-corrected chi connectivity index (χ1v) is 6.83. The number of ether oxygens (including phenoxy) is 2. The van der Waals surface area contributed by atoms with Crippen LogP contribution in [0.15, 0.2) is 30.3 Å². The van der Waals surface area contributed by atoms with Crippen molar-refractivity contribution in [1.82, 2.24) is 4.90 Å². The minimum Gasteiger partial charge on any atom is -0.445 e. The molecule has 2 aliphatic heterocycles. The highest BCUT2D eigenvalue weighted by Crippen LogP contribution is 2.45. The molecule has 1 amide bonds. The van der Waals surface area contributed by atoms with E-state index >= 15 is 0 Å². The van der Waals surface area contributed by atoms with Crippen molar-refractivity contribution in [3.63, 3.8) is 0 Å². The average Bonchev–Trinajstić information content (AvgIpc) is 2.80. The fourth-order valence-corrected chi connectivity index (χ4v) is 2.87. The van der Waals surface area contributed by atoms with Gasteiger partial charge in [-0.15, -0.1) is 0 Å². The molecule has 2 heterocycles. The molecular weight excluding hydrogens is 277 g/mol. The lowest BCUT2D eigenvalue weighted by atomic mass is 9.81. The van der Waals surface area contributed by atoms with E-state index in [2.05, 4.69) is 0 Å². The minimum absolute atomic E-state index is 0.0136. The van der Waals surface area contributed by atoms with E-state index < -0.39 is 17.3 Å². The Morgan fingerprint density at radius 1 is 1.38 bits per heavy atom. The Bertz CT molecular complexity index is 546. The summed E-state index contributed by atoms with van der Waals surface area (Å²) in [6, 6.07) is 9.24. The van der Waals surface area contributed by atoms with Gasteiger partial charge in [-0.1, -0.05) is 30.3 Å². The number of carbonyl (C=O) groups is 2. The summed E-state index contributed by atoms with van der Waals surface area (Å²) < 4.78 is 24.9. The number of hydrogen-bond acceptors (Lipinski definition) is 4. The number of nitrogens with zero attached hydrogens (tertiary/aromatic N) is 1. The quantitative estimate of drug-likeness (QED) is 0.796. The van der Waals surface area contributed by atoms with Crippen LogP contribution in [-0.2, 0) is 20.9 Å². The van der Waals surface area contributed by atoms with Gasteiger partial charge < -0.3 is 9.47 Å². The summed E-state index contributed by atoms with van der Waals surface area (Å²) >= 11 is 0. The number of rotatable bonds is 3. The molecule has 112 valence electrons. The largest absolute Gasteiger partial charge is 0.445 e. The summed E-state index contributed by atoms with van der Waals surface area (Å²) in [5.74, 6) is 0. The standard InChI is InChI=1S/C15H16FNO4/c16-14(9-18)6-7-17(15(14)10-20-11-15)13(19)21-8-12-4-2-1-3-5-12/h1-5,9H,6-8,10-11H2/t14-/m0/s1. The van der Waals surface area contributed by atoms with Crippen LogP contribution in [-0.4, -0.2) is 48.2 Å². The second-order valence-electron chi connectivity index (χ2n) is 5.45. The lowest BCUT2D eigenvalue weighted by Crippen LogP contribution is -2.69. The van der Waals surface area contributed by atoms with Gasteiger partial charge in [-0.05, 0) is 5.56 Å². The van der Waals surface area contributed by atoms with E-state index in [0.717, 1.165) is 5.56 Å². The van der Waals surface area contributed by atoms with Crippen LogP contribution in [0.25, 0.3) is 0 Å². The molecule has 0 bridgehead atoms. The van der Waals surface area contributed by atoms with Gasteiger partial charge in [0.1, 0.15) is 12.1 Å². The topological polar surface area (TPSA) is 55.8 Å². The molecule has 2 fully saturated rings. The van der Waals surface area contributed by atoms with Crippen molar-refractivity contribution >= 4 is 12.4 Å². The fraction of sp³-hybridized carbons (Fsp3) is 0.467. The number of amides is 1. The fourth-order valence-electron chi connectivity index (χ4n) is 2.87. The summed E-state index contributed by atoms with van der Waals surface area (Å²) in [5, 5.41) is 0. The highest BCUT2D eigenvalue weighted by Gasteiger charge is 2.66. The molecule has 6 heteroatoms. The number of carbonyl (C=O) groups excluding carboxylic acids is 2. The van der Waals surface area contributed by atoms with E-state index in [0.29, 0.717) is 6.29 Å². The van der Waals surface area contributed by atoms with E-state index in [9.17, 15) is 14.0 Å². The van der Waals surface area contributed by atoms with Crippen molar-refractivity contribution < 1.29 is 23.5 Å². The van der Waals surface area contributed by atoms with Crippen molar-refractivity contribution in [1.29, 1.82) is 0 Å². The highest BCUT2D eigenvalue weighted by atomic mass is 19.1. The molecule has 5 nitrogen and oxygen atoms in total. The first-order valence-electron chi connectivity index (χ1n) is 6.83. The molecule has 2 saturated heterocycles. The molecule has 0 unspecified atom stereocenters. The van der Waals surface area contributed by atoms with Crippen LogP contribution in [0.4, 0.5) is 9.18 Å². The van der Waals surface area contributed by atoms with Gasteiger partial charge in [0.15, 0.2) is 12.0 Å². The summed E-state index contributed by atoms with van der Waals surface area (Å²) in [4.78, 5) is 24.6. The van der Waals surface area contributed by atoms with Crippen LogP contribution in [0.5, 0.6) is 0 Å². The molecule has 0 aromatic heterocycles. The van der Waals surface area contributed by atoms with Crippen LogP contribution >= 0.6 is 0 Å². The third-order valence-electron chi connectivity index (χ3n) is 4.28. The van der Waals surface area contributed by atoms with Crippen molar-refractivity contribution in [2.75, 3.05) is 19.8 Å². The van der Waals surface area contributed by atoms with E-state index in [1.54, 1.807) is 0 Å².